The summed E-state index contributed by atoms with van der Waals surface area (Å²) < 4.78 is 77.2. The van der Waals surface area contributed by atoms with Crippen LogP contribution >= 0.6 is 34.8 Å². The molecule has 2 aromatic rings. The van der Waals surface area contributed by atoms with Crippen LogP contribution in [-0.2, 0) is 12.4 Å². The van der Waals surface area contributed by atoms with Crippen molar-refractivity contribution in [3.05, 3.63) is 50.7 Å². The van der Waals surface area contributed by atoms with E-state index in [1.165, 1.54) is 0 Å². The first-order valence-electron chi connectivity index (χ1n) is 5.70. The molecule has 0 amide bonds. The van der Waals surface area contributed by atoms with Crippen molar-refractivity contribution in [2.24, 2.45) is 0 Å². The van der Waals surface area contributed by atoms with Crippen molar-refractivity contribution in [1.29, 1.82) is 0 Å². The highest BCUT2D eigenvalue weighted by atomic mass is 35.5. The van der Waals surface area contributed by atoms with Crippen LogP contribution < -0.4 is 0 Å². The molecule has 23 heavy (non-hydrogen) atoms. The minimum atomic E-state index is -4.96. The lowest BCUT2D eigenvalue weighted by molar-refractivity contribution is -0.143. The summed E-state index contributed by atoms with van der Waals surface area (Å²) in [5, 5.41) is -0.509. The molecule has 1 aromatic heterocycles. The van der Waals surface area contributed by atoms with Crippen LogP contribution in [0.2, 0.25) is 15.1 Å². The Morgan fingerprint density at radius 2 is 1.30 bits per heavy atom. The molecule has 124 valence electrons. The first-order chi connectivity index (χ1) is 10.4. The Hall–Kier alpha value is -1.18. The van der Waals surface area contributed by atoms with E-state index < -0.39 is 29.2 Å². The molecule has 0 unspecified atom stereocenters. The van der Waals surface area contributed by atoms with E-state index in [4.69, 9.17) is 34.8 Å². The molecule has 1 heterocycles. The van der Waals surface area contributed by atoms with E-state index in [2.05, 4.69) is 4.98 Å². The molecule has 0 saturated carbocycles. The van der Waals surface area contributed by atoms with Gasteiger partial charge >= 0.3 is 12.4 Å². The van der Waals surface area contributed by atoms with Crippen LogP contribution in [0, 0.1) is 0 Å². The van der Waals surface area contributed by atoms with Crippen molar-refractivity contribution in [3.8, 4) is 11.1 Å². The highest BCUT2D eigenvalue weighted by Crippen LogP contribution is 2.42. The first-order valence-corrected chi connectivity index (χ1v) is 6.84. The summed E-state index contributed by atoms with van der Waals surface area (Å²) in [4.78, 5) is 2.91. The van der Waals surface area contributed by atoms with Crippen LogP contribution in [0.3, 0.4) is 0 Å². The van der Waals surface area contributed by atoms with Crippen molar-refractivity contribution in [2.45, 2.75) is 12.4 Å². The third-order valence-electron chi connectivity index (χ3n) is 2.78. The highest BCUT2D eigenvalue weighted by molar-refractivity contribution is 6.48. The molecule has 0 radical (unpaired) electrons. The molecular formula is C13H4Cl3F6N. The van der Waals surface area contributed by atoms with E-state index in [1.54, 1.807) is 0 Å². The molecule has 2 rings (SSSR count). The lowest BCUT2D eigenvalue weighted by Crippen LogP contribution is -2.13. The summed E-state index contributed by atoms with van der Waals surface area (Å²) in [7, 11) is 0. The van der Waals surface area contributed by atoms with Crippen LogP contribution in [0.25, 0.3) is 11.1 Å². The highest BCUT2D eigenvalue weighted by Gasteiger charge is 2.39. The second-order valence-corrected chi connectivity index (χ2v) is 5.56. The van der Waals surface area contributed by atoms with Crippen LogP contribution in [0.4, 0.5) is 26.3 Å². The average Bonchev–Trinajstić information content (AvgIpc) is 2.41. The van der Waals surface area contributed by atoms with E-state index in [1.807, 2.05) is 0 Å². The number of rotatable bonds is 1. The number of nitrogens with zero attached hydrogens (tertiary/aromatic N) is 1. The number of pyridine rings is 1. The summed E-state index contributed by atoms with van der Waals surface area (Å²) in [6, 6.07) is 2.32. The van der Waals surface area contributed by atoms with E-state index in [0.717, 1.165) is 12.1 Å². The van der Waals surface area contributed by atoms with Gasteiger partial charge in [0.2, 0.25) is 0 Å². The zero-order valence-electron chi connectivity index (χ0n) is 10.7. The number of hydrogen-bond donors (Lipinski definition) is 0. The van der Waals surface area contributed by atoms with Crippen LogP contribution in [-0.4, -0.2) is 4.98 Å². The Bertz CT molecular complexity index is 731. The fourth-order valence-electron chi connectivity index (χ4n) is 1.78. The summed E-state index contributed by atoms with van der Waals surface area (Å²) in [5.74, 6) is 0. The fourth-order valence-corrected chi connectivity index (χ4v) is 2.37. The van der Waals surface area contributed by atoms with Gasteiger partial charge in [0.15, 0.2) is 5.69 Å². The van der Waals surface area contributed by atoms with Crippen LogP contribution in [0.15, 0.2) is 24.4 Å². The van der Waals surface area contributed by atoms with Crippen molar-refractivity contribution in [2.75, 3.05) is 0 Å². The van der Waals surface area contributed by atoms with Crippen LogP contribution in [0.5, 0.6) is 0 Å². The minimum Gasteiger partial charge on any atom is -0.251 e. The van der Waals surface area contributed by atoms with E-state index in [0.29, 0.717) is 6.07 Å². The van der Waals surface area contributed by atoms with Gasteiger partial charge in [-0.3, -0.25) is 4.98 Å². The molecular weight excluding hydrogens is 390 g/mol. The summed E-state index contributed by atoms with van der Waals surface area (Å²) in [6.07, 6.45) is -9.70. The summed E-state index contributed by atoms with van der Waals surface area (Å²) in [6.45, 7) is 0. The quantitative estimate of drug-likeness (QED) is 0.385. The molecule has 0 aliphatic heterocycles. The Kier molecular flexibility index (Phi) is 4.76. The molecule has 0 bridgehead atoms. The Labute approximate surface area is 140 Å². The molecule has 0 aliphatic carbocycles. The van der Waals surface area contributed by atoms with Crippen molar-refractivity contribution in [1.82, 2.24) is 4.98 Å². The molecule has 0 atom stereocenters. The van der Waals surface area contributed by atoms with E-state index in [9.17, 15) is 26.3 Å². The Balaban J connectivity index is 2.77. The van der Waals surface area contributed by atoms with Gasteiger partial charge in [0, 0.05) is 11.8 Å². The van der Waals surface area contributed by atoms with Gasteiger partial charge in [0.25, 0.3) is 0 Å². The standard InChI is InChI=1S/C13H4Cl3F6N/c14-8-1-5(2-9(15)10(8)16)7-3-6(12(17,18)19)4-23-11(7)13(20,21)22/h1-4H. The monoisotopic (exact) mass is 393 g/mol. The fraction of sp³-hybridized carbons (Fsp3) is 0.154. The Morgan fingerprint density at radius 1 is 0.783 bits per heavy atom. The van der Waals surface area contributed by atoms with Gasteiger partial charge in [-0.25, -0.2) is 0 Å². The smallest absolute Gasteiger partial charge is 0.251 e. The maximum absolute atomic E-state index is 13.0. The second kappa shape index (κ2) is 6.03. The Morgan fingerprint density at radius 3 is 1.74 bits per heavy atom. The molecule has 0 saturated heterocycles. The summed E-state index contributed by atoms with van der Waals surface area (Å²) >= 11 is 17.1. The zero-order valence-corrected chi connectivity index (χ0v) is 12.9. The van der Waals surface area contributed by atoms with E-state index in [-0.39, 0.29) is 26.8 Å². The van der Waals surface area contributed by atoms with Gasteiger partial charge in [0.1, 0.15) is 0 Å². The van der Waals surface area contributed by atoms with Gasteiger partial charge in [-0.1, -0.05) is 34.8 Å². The van der Waals surface area contributed by atoms with Crippen molar-refractivity contribution < 1.29 is 26.3 Å². The molecule has 1 aromatic carbocycles. The number of hydrogen-bond acceptors (Lipinski definition) is 1. The predicted molar refractivity (Wildman–Crippen MR) is 74.7 cm³/mol. The SMILES string of the molecule is FC(F)(F)c1cnc(C(F)(F)F)c(-c2cc(Cl)c(Cl)c(Cl)c2)c1. The molecule has 0 spiro atoms. The van der Waals surface area contributed by atoms with Gasteiger partial charge in [-0.05, 0) is 23.8 Å². The van der Waals surface area contributed by atoms with Gasteiger partial charge < -0.3 is 0 Å². The molecule has 0 N–H and O–H groups in total. The van der Waals surface area contributed by atoms with Crippen LogP contribution in [0.1, 0.15) is 11.3 Å². The maximum Gasteiger partial charge on any atom is 0.433 e. The van der Waals surface area contributed by atoms with E-state index >= 15 is 0 Å². The molecule has 0 fully saturated rings. The van der Waals surface area contributed by atoms with Gasteiger partial charge in [-0.15, -0.1) is 0 Å². The lowest BCUT2D eigenvalue weighted by Gasteiger charge is -2.15. The maximum atomic E-state index is 13.0. The third-order valence-corrected chi connectivity index (χ3v) is 3.98. The minimum absolute atomic E-state index is 0.117. The van der Waals surface area contributed by atoms with Crippen molar-refractivity contribution in [3.63, 3.8) is 0 Å². The predicted octanol–water partition coefficient (Wildman–Crippen LogP) is 6.75. The molecule has 1 nitrogen and oxygen atoms in total. The number of alkyl halides is 6. The number of halogens is 9. The summed E-state index contributed by atoms with van der Waals surface area (Å²) in [5.41, 5.74) is -3.90. The number of benzene rings is 1. The molecule has 10 heteroatoms. The lowest BCUT2D eigenvalue weighted by atomic mass is 10.0. The van der Waals surface area contributed by atoms with Gasteiger partial charge in [0.05, 0.1) is 20.6 Å². The largest absolute Gasteiger partial charge is 0.433 e. The topological polar surface area (TPSA) is 12.9 Å². The van der Waals surface area contributed by atoms with Gasteiger partial charge in [-0.2, -0.15) is 26.3 Å². The average molecular weight is 395 g/mol. The molecule has 0 aliphatic rings. The number of aromatic nitrogens is 1. The zero-order chi connectivity index (χ0) is 17.6. The normalized spacial score (nSPS) is 12.6. The third kappa shape index (κ3) is 3.84. The van der Waals surface area contributed by atoms with Crippen molar-refractivity contribution >= 4 is 34.8 Å². The second-order valence-electron chi connectivity index (χ2n) is 4.37. The first kappa shape index (κ1) is 18.2.